The van der Waals surface area contributed by atoms with E-state index in [2.05, 4.69) is 10.00 Å². The van der Waals surface area contributed by atoms with E-state index in [1.807, 2.05) is 16.9 Å². The van der Waals surface area contributed by atoms with Gasteiger partial charge in [-0.2, -0.15) is 5.10 Å². The second-order valence-corrected chi connectivity index (χ2v) is 4.93. The van der Waals surface area contributed by atoms with E-state index >= 15 is 0 Å². The van der Waals surface area contributed by atoms with Gasteiger partial charge in [-0.25, -0.2) is 4.39 Å². The summed E-state index contributed by atoms with van der Waals surface area (Å²) >= 11 is 0. The van der Waals surface area contributed by atoms with E-state index in [0.29, 0.717) is 18.2 Å². The maximum absolute atomic E-state index is 13.1. The summed E-state index contributed by atoms with van der Waals surface area (Å²) in [5.41, 5.74) is 0.627. The fourth-order valence-electron chi connectivity index (χ4n) is 2.42. The number of aliphatic hydroxyl groups is 1. The molecule has 1 unspecified atom stereocenters. The molecule has 5 heteroatoms. The molecule has 1 aliphatic rings. The first-order valence-corrected chi connectivity index (χ1v) is 6.37. The van der Waals surface area contributed by atoms with Crippen LogP contribution in [0.3, 0.4) is 0 Å². The maximum Gasteiger partial charge on any atom is 0.123 e. The lowest BCUT2D eigenvalue weighted by molar-refractivity contribution is 0.0400. The van der Waals surface area contributed by atoms with Gasteiger partial charge < -0.3 is 5.11 Å². The van der Waals surface area contributed by atoms with E-state index in [1.54, 1.807) is 18.3 Å². The molecule has 1 aromatic carbocycles. The van der Waals surface area contributed by atoms with Gasteiger partial charge in [0.25, 0.3) is 0 Å². The van der Waals surface area contributed by atoms with Crippen LogP contribution in [0.5, 0.6) is 0 Å². The number of nitrogens with zero attached hydrogens (tertiary/aromatic N) is 3. The Labute approximate surface area is 111 Å². The van der Waals surface area contributed by atoms with Crippen molar-refractivity contribution in [2.45, 2.75) is 12.1 Å². The van der Waals surface area contributed by atoms with Gasteiger partial charge in [0.2, 0.25) is 0 Å². The van der Waals surface area contributed by atoms with Crippen molar-refractivity contribution >= 4 is 0 Å². The highest BCUT2D eigenvalue weighted by Crippen LogP contribution is 2.23. The lowest BCUT2D eigenvalue weighted by atomic mass is 10.0. The summed E-state index contributed by atoms with van der Waals surface area (Å²) in [6.45, 7) is 2.27. The van der Waals surface area contributed by atoms with Crippen LogP contribution in [0.15, 0.2) is 42.7 Å². The quantitative estimate of drug-likeness (QED) is 0.909. The molecule has 4 nitrogen and oxygen atoms in total. The van der Waals surface area contributed by atoms with Crippen LogP contribution in [0.2, 0.25) is 0 Å². The van der Waals surface area contributed by atoms with Gasteiger partial charge in [0, 0.05) is 32.0 Å². The predicted octanol–water partition coefficient (Wildman–Crippen LogP) is 1.61. The Morgan fingerprint density at radius 3 is 2.89 bits per heavy atom. The van der Waals surface area contributed by atoms with Crippen molar-refractivity contribution in [3.05, 3.63) is 54.1 Å². The van der Waals surface area contributed by atoms with Crippen LogP contribution >= 0.6 is 0 Å². The van der Waals surface area contributed by atoms with E-state index in [4.69, 9.17) is 0 Å². The summed E-state index contributed by atoms with van der Waals surface area (Å²) in [5, 5.41) is 14.3. The van der Waals surface area contributed by atoms with Gasteiger partial charge >= 0.3 is 0 Å². The zero-order valence-corrected chi connectivity index (χ0v) is 10.5. The number of aromatic nitrogens is 2. The molecule has 0 aliphatic carbocycles. The Morgan fingerprint density at radius 1 is 1.37 bits per heavy atom. The minimum absolute atomic E-state index is 0.311. The van der Waals surface area contributed by atoms with Crippen molar-refractivity contribution in [1.29, 1.82) is 0 Å². The van der Waals surface area contributed by atoms with E-state index < -0.39 is 6.10 Å². The van der Waals surface area contributed by atoms with Crippen molar-refractivity contribution in [3.63, 3.8) is 0 Å². The predicted molar refractivity (Wildman–Crippen MR) is 69.1 cm³/mol. The number of β-amino-alcohol motifs (C(OH)–C–C–N with tert-alkyl or cyclic N) is 1. The van der Waals surface area contributed by atoms with Crippen LogP contribution in [0.1, 0.15) is 17.7 Å². The lowest BCUT2D eigenvalue weighted by Crippen LogP contribution is -2.49. The average molecular weight is 261 g/mol. The Kier molecular flexibility index (Phi) is 3.31. The van der Waals surface area contributed by atoms with Gasteiger partial charge in [0.05, 0.1) is 12.1 Å². The highest BCUT2D eigenvalue weighted by molar-refractivity contribution is 5.19. The molecule has 0 saturated carbocycles. The smallest absolute Gasteiger partial charge is 0.123 e. The molecular weight excluding hydrogens is 245 g/mol. The second-order valence-electron chi connectivity index (χ2n) is 4.93. The molecule has 2 heterocycles. The van der Waals surface area contributed by atoms with Gasteiger partial charge in [-0.3, -0.25) is 9.58 Å². The Hall–Kier alpha value is -1.72. The molecule has 19 heavy (non-hydrogen) atoms. The molecule has 0 bridgehead atoms. The first kappa shape index (κ1) is 12.3. The topological polar surface area (TPSA) is 41.3 Å². The largest absolute Gasteiger partial charge is 0.387 e. The van der Waals surface area contributed by atoms with Crippen LogP contribution < -0.4 is 0 Å². The zero-order valence-electron chi connectivity index (χ0n) is 10.5. The summed E-state index contributed by atoms with van der Waals surface area (Å²) in [6.07, 6.45) is 3.07. The van der Waals surface area contributed by atoms with Gasteiger partial charge in [0.15, 0.2) is 0 Å². The van der Waals surface area contributed by atoms with Gasteiger partial charge in [-0.05, 0) is 23.8 Å². The maximum atomic E-state index is 13.1. The van der Waals surface area contributed by atoms with E-state index in [-0.39, 0.29) is 5.82 Å². The molecule has 0 radical (unpaired) electrons. The van der Waals surface area contributed by atoms with Crippen LogP contribution in [-0.2, 0) is 0 Å². The number of aliphatic hydroxyl groups excluding tert-OH is 1. The highest BCUT2D eigenvalue weighted by Gasteiger charge is 2.29. The number of hydrogen-bond donors (Lipinski definition) is 1. The summed E-state index contributed by atoms with van der Waals surface area (Å²) in [6, 6.07) is 8.43. The Bertz CT molecular complexity index is 537. The Morgan fingerprint density at radius 2 is 2.21 bits per heavy atom. The number of halogens is 1. The Balaban J connectivity index is 1.53. The monoisotopic (exact) mass is 261 g/mol. The third-order valence-electron chi connectivity index (χ3n) is 3.50. The fourth-order valence-corrected chi connectivity index (χ4v) is 2.42. The van der Waals surface area contributed by atoms with Crippen LogP contribution in [0.25, 0.3) is 0 Å². The molecule has 1 saturated heterocycles. The molecule has 1 aliphatic heterocycles. The summed E-state index contributed by atoms with van der Waals surface area (Å²) in [4.78, 5) is 2.14. The van der Waals surface area contributed by atoms with E-state index in [9.17, 15) is 9.50 Å². The number of likely N-dealkylation sites (tertiary alicyclic amines) is 1. The molecule has 100 valence electrons. The van der Waals surface area contributed by atoms with Crippen molar-refractivity contribution in [1.82, 2.24) is 14.7 Å². The third kappa shape index (κ3) is 2.67. The van der Waals surface area contributed by atoms with Crippen LogP contribution in [-0.4, -0.2) is 39.4 Å². The molecule has 1 atom stereocenters. The first-order valence-electron chi connectivity index (χ1n) is 6.37. The van der Waals surface area contributed by atoms with Gasteiger partial charge in [0.1, 0.15) is 5.82 Å². The minimum atomic E-state index is -0.644. The average Bonchev–Trinajstić information content (AvgIpc) is 2.86. The van der Waals surface area contributed by atoms with E-state index in [0.717, 1.165) is 13.1 Å². The summed E-state index contributed by atoms with van der Waals surface area (Å²) < 4.78 is 15.0. The first-order chi connectivity index (χ1) is 9.22. The molecule has 1 N–H and O–H groups in total. The van der Waals surface area contributed by atoms with Crippen molar-refractivity contribution in [2.24, 2.45) is 0 Å². The van der Waals surface area contributed by atoms with Crippen molar-refractivity contribution in [2.75, 3.05) is 19.6 Å². The van der Waals surface area contributed by atoms with E-state index in [1.165, 1.54) is 12.1 Å². The van der Waals surface area contributed by atoms with Crippen LogP contribution in [0, 0.1) is 5.82 Å². The molecule has 1 aromatic heterocycles. The highest BCUT2D eigenvalue weighted by atomic mass is 19.1. The third-order valence-corrected chi connectivity index (χ3v) is 3.50. The standard InChI is InChI=1S/C14H16FN3O/c15-12-4-1-3-11(7-12)14(19)10-17-8-13(9-17)18-6-2-5-16-18/h1-7,13-14,19H,8-10H2. The molecule has 1 fully saturated rings. The molecule has 3 rings (SSSR count). The van der Waals surface area contributed by atoms with Crippen molar-refractivity contribution < 1.29 is 9.50 Å². The van der Waals surface area contributed by atoms with Crippen molar-refractivity contribution in [3.8, 4) is 0 Å². The summed E-state index contributed by atoms with van der Waals surface area (Å²) in [7, 11) is 0. The van der Waals surface area contributed by atoms with Crippen LogP contribution in [0.4, 0.5) is 4.39 Å². The van der Waals surface area contributed by atoms with Gasteiger partial charge in [-0.15, -0.1) is 0 Å². The number of benzene rings is 1. The fraction of sp³-hybridized carbons (Fsp3) is 0.357. The number of rotatable bonds is 4. The summed E-state index contributed by atoms with van der Waals surface area (Å²) in [5.74, 6) is -0.311. The molecular formula is C14H16FN3O. The number of hydrogen-bond acceptors (Lipinski definition) is 3. The molecule has 2 aromatic rings. The molecule has 0 spiro atoms. The molecule has 0 amide bonds. The van der Waals surface area contributed by atoms with Gasteiger partial charge in [-0.1, -0.05) is 12.1 Å². The zero-order chi connectivity index (χ0) is 13.2. The SMILES string of the molecule is OC(CN1CC(n2cccn2)C1)c1cccc(F)c1. The normalized spacial score (nSPS) is 18.2. The lowest BCUT2D eigenvalue weighted by Gasteiger charge is -2.40. The minimum Gasteiger partial charge on any atom is -0.387 e. The second kappa shape index (κ2) is 5.11.